The van der Waals surface area contributed by atoms with E-state index in [9.17, 15) is 24.0 Å². The van der Waals surface area contributed by atoms with Gasteiger partial charge in [0.15, 0.2) is 0 Å². The average Bonchev–Trinajstić information content (AvgIpc) is 3.61. The van der Waals surface area contributed by atoms with Crippen LogP contribution in [0.3, 0.4) is 0 Å². The predicted octanol–water partition coefficient (Wildman–Crippen LogP) is 1.88. The van der Waals surface area contributed by atoms with Gasteiger partial charge in [0.05, 0.1) is 22.8 Å². The van der Waals surface area contributed by atoms with Crippen LogP contribution in [0.2, 0.25) is 0 Å². The van der Waals surface area contributed by atoms with E-state index < -0.39 is 6.04 Å². The van der Waals surface area contributed by atoms with Gasteiger partial charge in [-0.1, -0.05) is 20.3 Å². The van der Waals surface area contributed by atoms with E-state index in [1.165, 1.54) is 17.7 Å². The first kappa shape index (κ1) is 30.0. The Labute approximate surface area is 242 Å². The minimum Gasteiger partial charge on any atom is -0.354 e. The molecule has 0 aliphatic carbocycles. The van der Waals surface area contributed by atoms with Gasteiger partial charge in [-0.05, 0) is 54.9 Å². The molecule has 0 unspecified atom stereocenters. The van der Waals surface area contributed by atoms with Gasteiger partial charge in [0, 0.05) is 50.1 Å². The molecule has 0 saturated carbocycles. The van der Waals surface area contributed by atoms with Crippen LogP contribution in [0.1, 0.15) is 66.7 Å². The van der Waals surface area contributed by atoms with Crippen molar-refractivity contribution >= 4 is 46.2 Å². The number of aryl methyl sites for hydroxylation is 1. The van der Waals surface area contributed by atoms with Gasteiger partial charge in [0.25, 0.3) is 11.8 Å². The van der Waals surface area contributed by atoms with Crippen molar-refractivity contribution in [3.63, 3.8) is 0 Å². The largest absolute Gasteiger partial charge is 0.354 e. The lowest BCUT2D eigenvalue weighted by atomic mass is 9.98. The van der Waals surface area contributed by atoms with Gasteiger partial charge in [-0.15, -0.1) is 0 Å². The molecule has 41 heavy (non-hydrogen) atoms. The van der Waals surface area contributed by atoms with Crippen molar-refractivity contribution in [1.82, 2.24) is 34.8 Å². The van der Waals surface area contributed by atoms with E-state index in [0.717, 1.165) is 0 Å². The number of nitrogens with zero attached hydrogens (tertiary/aromatic N) is 3. The Bertz CT molecular complexity index is 1430. The minimum absolute atomic E-state index is 0.0792. The number of aromatic nitrogens is 3. The smallest absolute Gasteiger partial charge is 0.326 e. The van der Waals surface area contributed by atoms with Crippen LogP contribution in [0.25, 0.3) is 11.0 Å². The lowest BCUT2D eigenvalue weighted by Gasteiger charge is -2.25. The molecule has 1 aromatic carbocycles. The number of fused-ring (bicyclic) bond motifs is 1. The number of imidazole rings is 1. The summed E-state index contributed by atoms with van der Waals surface area (Å²) in [5, 5.41) is 10.3. The Kier molecular flexibility index (Phi) is 10.3. The molecule has 1 aliphatic heterocycles. The lowest BCUT2D eigenvalue weighted by molar-refractivity contribution is -0.130. The summed E-state index contributed by atoms with van der Waals surface area (Å²) in [5.41, 5.74) is 1.82. The molecule has 0 spiro atoms. The van der Waals surface area contributed by atoms with Crippen LogP contribution in [0, 0.1) is 5.92 Å². The second-order valence-electron chi connectivity index (χ2n) is 10.3. The molecular formula is C28H37N7O5S. The van der Waals surface area contributed by atoms with Crippen LogP contribution in [0.4, 0.5) is 0 Å². The first-order valence-electron chi connectivity index (χ1n) is 14.0. The molecule has 4 rings (SSSR count). The summed E-state index contributed by atoms with van der Waals surface area (Å²) in [5.74, 6) is -1.07. The SMILES string of the molecule is CC[C@H](C)[C@@H]1NC(=O)CCCN(C(=O)c2cnsc2)CCCNC(=O)c2ccc3[nH]c(=O)n(c3c2)CCCNC1=O. The molecule has 12 nitrogen and oxygen atoms in total. The quantitative estimate of drug-likeness (QED) is 0.369. The Morgan fingerprint density at radius 2 is 1.83 bits per heavy atom. The molecule has 2 bridgehead atoms. The molecule has 0 saturated heterocycles. The van der Waals surface area contributed by atoms with E-state index >= 15 is 0 Å². The summed E-state index contributed by atoms with van der Waals surface area (Å²) in [4.78, 5) is 68.9. The molecular weight excluding hydrogens is 546 g/mol. The van der Waals surface area contributed by atoms with Crippen molar-refractivity contribution in [3.8, 4) is 0 Å². The van der Waals surface area contributed by atoms with Gasteiger partial charge in [0.1, 0.15) is 6.04 Å². The van der Waals surface area contributed by atoms with E-state index in [1.54, 1.807) is 33.0 Å². The molecule has 220 valence electrons. The molecule has 2 atom stereocenters. The van der Waals surface area contributed by atoms with Crippen molar-refractivity contribution in [2.45, 2.75) is 58.5 Å². The Balaban J connectivity index is 1.55. The van der Waals surface area contributed by atoms with Crippen molar-refractivity contribution in [2.24, 2.45) is 5.92 Å². The highest BCUT2D eigenvalue weighted by atomic mass is 32.1. The molecule has 13 heteroatoms. The maximum atomic E-state index is 13.1. The van der Waals surface area contributed by atoms with Crippen molar-refractivity contribution in [3.05, 3.63) is 51.4 Å². The maximum absolute atomic E-state index is 13.1. The molecule has 2 aromatic heterocycles. The molecule has 0 fully saturated rings. The van der Waals surface area contributed by atoms with Crippen molar-refractivity contribution < 1.29 is 19.2 Å². The molecule has 4 amide bonds. The first-order chi connectivity index (χ1) is 19.8. The number of nitrogens with one attached hydrogen (secondary N) is 4. The summed E-state index contributed by atoms with van der Waals surface area (Å²) < 4.78 is 5.57. The van der Waals surface area contributed by atoms with Crippen LogP contribution in [0.5, 0.6) is 0 Å². The Morgan fingerprint density at radius 3 is 2.59 bits per heavy atom. The number of benzene rings is 1. The van der Waals surface area contributed by atoms with E-state index in [0.29, 0.717) is 80.6 Å². The highest BCUT2D eigenvalue weighted by Gasteiger charge is 2.26. The molecule has 3 heterocycles. The molecule has 3 aromatic rings. The van der Waals surface area contributed by atoms with Crippen LogP contribution in [0.15, 0.2) is 34.6 Å². The monoisotopic (exact) mass is 583 g/mol. The normalized spacial score (nSPS) is 19.2. The molecule has 1 aliphatic rings. The van der Waals surface area contributed by atoms with Gasteiger partial charge in [0.2, 0.25) is 11.8 Å². The van der Waals surface area contributed by atoms with Crippen LogP contribution in [-0.4, -0.2) is 74.7 Å². The van der Waals surface area contributed by atoms with E-state index in [4.69, 9.17) is 0 Å². The number of amides is 4. The third kappa shape index (κ3) is 7.60. The lowest BCUT2D eigenvalue weighted by Crippen LogP contribution is -2.50. The summed E-state index contributed by atoms with van der Waals surface area (Å²) in [6.07, 6.45) is 3.80. The highest BCUT2D eigenvalue weighted by molar-refractivity contribution is 7.03. The number of rotatable bonds is 3. The number of hydrogen-bond donors (Lipinski definition) is 4. The fraction of sp³-hybridized carbons (Fsp3) is 0.500. The van der Waals surface area contributed by atoms with Gasteiger partial charge in [-0.2, -0.15) is 0 Å². The van der Waals surface area contributed by atoms with E-state index in [1.807, 2.05) is 13.8 Å². The van der Waals surface area contributed by atoms with Crippen LogP contribution >= 0.6 is 11.5 Å². The van der Waals surface area contributed by atoms with E-state index in [-0.39, 0.29) is 41.7 Å². The summed E-state index contributed by atoms with van der Waals surface area (Å²) in [6, 6.07) is 4.35. The van der Waals surface area contributed by atoms with E-state index in [2.05, 4.69) is 25.3 Å². The van der Waals surface area contributed by atoms with Crippen LogP contribution in [-0.2, 0) is 16.1 Å². The minimum atomic E-state index is -0.688. The highest BCUT2D eigenvalue weighted by Crippen LogP contribution is 2.15. The Morgan fingerprint density at radius 1 is 1.07 bits per heavy atom. The summed E-state index contributed by atoms with van der Waals surface area (Å²) in [6.45, 7) is 5.60. The third-order valence-electron chi connectivity index (χ3n) is 7.40. The fourth-order valence-corrected chi connectivity index (χ4v) is 5.35. The number of aromatic amines is 1. The number of carbonyl (C=O) groups is 4. The van der Waals surface area contributed by atoms with Gasteiger partial charge in [-0.25, -0.2) is 9.17 Å². The van der Waals surface area contributed by atoms with Gasteiger partial charge < -0.3 is 25.8 Å². The maximum Gasteiger partial charge on any atom is 0.326 e. The zero-order valence-corrected chi connectivity index (χ0v) is 24.2. The zero-order valence-electron chi connectivity index (χ0n) is 23.4. The topological polar surface area (TPSA) is 158 Å². The second kappa shape index (κ2) is 14.1. The summed E-state index contributed by atoms with van der Waals surface area (Å²) >= 11 is 1.19. The van der Waals surface area contributed by atoms with Crippen molar-refractivity contribution in [2.75, 3.05) is 26.2 Å². The molecule has 4 N–H and O–H groups in total. The predicted molar refractivity (Wildman–Crippen MR) is 156 cm³/mol. The summed E-state index contributed by atoms with van der Waals surface area (Å²) in [7, 11) is 0. The first-order valence-corrected chi connectivity index (χ1v) is 14.9. The Hall–Kier alpha value is -4.00. The third-order valence-corrected chi connectivity index (χ3v) is 7.98. The molecule has 0 radical (unpaired) electrons. The average molecular weight is 584 g/mol. The number of H-pyrrole nitrogens is 1. The standard InChI is InChI=1S/C28H37N7O5S/c1-3-18(2)24-26(38)30-11-6-14-35-22-15-19(8-9-21(22)32-28(35)40)25(37)29-10-5-13-34(12-4-7-23(36)33-24)27(39)20-16-31-41-17-20/h8-9,15-18,24H,3-7,10-14H2,1-2H3,(H,29,37)(H,30,38)(H,32,40)(H,33,36)/t18-,24-/m0/s1. The van der Waals surface area contributed by atoms with Gasteiger partial charge >= 0.3 is 5.69 Å². The van der Waals surface area contributed by atoms with Crippen LogP contribution < -0.4 is 21.6 Å². The second-order valence-corrected chi connectivity index (χ2v) is 11.0. The number of hydrogen-bond acceptors (Lipinski definition) is 7. The number of carbonyl (C=O) groups excluding carboxylic acids is 4. The van der Waals surface area contributed by atoms with Crippen molar-refractivity contribution in [1.29, 1.82) is 0 Å². The fourth-order valence-electron chi connectivity index (χ4n) is 4.83. The van der Waals surface area contributed by atoms with Gasteiger partial charge in [-0.3, -0.25) is 23.7 Å². The zero-order chi connectivity index (χ0) is 29.4.